The van der Waals surface area contributed by atoms with Crippen LogP contribution in [0.4, 0.5) is 0 Å². The molecule has 76 valence electrons. The van der Waals surface area contributed by atoms with Crippen LogP contribution in [0.25, 0.3) is 0 Å². The summed E-state index contributed by atoms with van der Waals surface area (Å²) in [7, 11) is 0. The highest BCUT2D eigenvalue weighted by Crippen LogP contribution is 2.26. The molecule has 2 nitrogen and oxygen atoms in total. The van der Waals surface area contributed by atoms with Crippen molar-refractivity contribution in [2.45, 2.75) is 57.5 Å². The van der Waals surface area contributed by atoms with Crippen molar-refractivity contribution in [3.8, 4) is 0 Å². The summed E-state index contributed by atoms with van der Waals surface area (Å²) in [5.41, 5.74) is 0. The Bertz CT molecular complexity index is 158. The maximum atomic E-state index is 3.64. The molecule has 0 aromatic heterocycles. The van der Waals surface area contributed by atoms with Gasteiger partial charge < -0.3 is 0 Å². The topological polar surface area (TPSA) is 15.3 Å². The third-order valence-electron chi connectivity index (χ3n) is 3.55. The summed E-state index contributed by atoms with van der Waals surface area (Å²) in [4.78, 5) is 2.66. The number of unbranched alkanes of at least 4 members (excludes halogenated alkanes) is 1. The summed E-state index contributed by atoms with van der Waals surface area (Å²) in [6.07, 6.45) is 8.43. The van der Waals surface area contributed by atoms with Crippen molar-refractivity contribution in [2.24, 2.45) is 0 Å². The molecule has 1 saturated carbocycles. The van der Waals surface area contributed by atoms with Crippen LogP contribution in [0.2, 0.25) is 0 Å². The molecule has 0 aromatic carbocycles. The minimum atomic E-state index is 0.825. The number of nitrogens with one attached hydrogen (secondary N) is 1. The number of fused-ring (bicyclic) bond motifs is 1. The van der Waals surface area contributed by atoms with Gasteiger partial charge in [0, 0.05) is 18.8 Å². The fraction of sp³-hybridized carbons (Fsp3) is 1.00. The quantitative estimate of drug-likeness (QED) is 0.718. The Hall–Kier alpha value is -0.0800. The molecule has 0 radical (unpaired) electrons. The molecule has 0 spiro atoms. The van der Waals surface area contributed by atoms with Crippen molar-refractivity contribution in [1.82, 2.24) is 10.2 Å². The zero-order chi connectivity index (χ0) is 9.10. The Balaban J connectivity index is 1.84. The Morgan fingerprint density at radius 2 is 2.15 bits per heavy atom. The van der Waals surface area contributed by atoms with Gasteiger partial charge in [0.1, 0.15) is 0 Å². The van der Waals surface area contributed by atoms with Crippen molar-refractivity contribution in [1.29, 1.82) is 0 Å². The van der Waals surface area contributed by atoms with E-state index in [2.05, 4.69) is 17.1 Å². The molecule has 1 heterocycles. The zero-order valence-electron chi connectivity index (χ0n) is 8.76. The van der Waals surface area contributed by atoms with E-state index in [0.29, 0.717) is 0 Å². The molecule has 13 heavy (non-hydrogen) atoms. The summed E-state index contributed by atoms with van der Waals surface area (Å²) in [5, 5.41) is 3.64. The highest BCUT2D eigenvalue weighted by atomic mass is 15.3. The molecule has 1 saturated heterocycles. The molecule has 2 unspecified atom stereocenters. The van der Waals surface area contributed by atoms with Crippen molar-refractivity contribution >= 4 is 0 Å². The van der Waals surface area contributed by atoms with Crippen LogP contribution in [0.3, 0.4) is 0 Å². The highest BCUT2D eigenvalue weighted by Gasteiger charge is 2.34. The largest absolute Gasteiger partial charge is 0.300 e. The van der Waals surface area contributed by atoms with Gasteiger partial charge in [-0.2, -0.15) is 0 Å². The van der Waals surface area contributed by atoms with Gasteiger partial charge in [0.15, 0.2) is 0 Å². The van der Waals surface area contributed by atoms with Crippen LogP contribution in [0.15, 0.2) is 0 Å². The zero-order valence-corrected chi connectivity index (χ0v) is 8.76. The Labute approximate surface area is 81.7 Å². The third-order valence-corrected chi connectivity index (χ3v) is 3.55. The standard InChI is InChI=1S/C11H22N2/c1-2-3-8-13-9-12-10-6-4-5-7-11(10)13/h10-12H,2-9H2,1H3. The summed E-state index contributed by atoms with van der Waals surface area (Å²) in [6, 6.07) is 1.70. The minimum absolute atomic E-state index is 0.825. The van der Waals surface area contributed by atoms with E-state index in [1.807, 2.05) is 0 Å². The lowest BCUT2D eigenvalue weighted by atomic mass is 9.91. The first-order valence-electron chi connectivity index (χ1n) is 5.89. The molecular weight excluding hydrogens is 160 g/mol. The first-order chi connectivity index (χ1) is 6.42. The smallest absolute Gasteiger partial charge is 0.0486 e. The van der Waals surface area contributed by atoms with Gasteiger partial charge in [-0.25, -0.2) is 0 Å². The predicted octanol–water partition coefficient (Wildman–Crippen LogP) is 1.96. The second-order valence-electron chi connectivity index (χ2n) is 4.49. The first-order valence-corrected chi connectivity index (χ1v) is 5.89. The molecule has 2 heteroatoms. The molecule has 1 N–H and O–H groups in total. The number of hydrogen-bond acceptors (Lipinski definition) is 2. The molecular formula is C11H22N2. The van der Waals surface area contributed by atoms with E-state index in [1.54, 1.807) is 0 Å². The summed E-state index contributed by atoms with van der Waals surface area (Å²) in [6.45, 7) is 4.74. The lowest BCUT2D eigenvalue weighted by molar-refractivity contribution is 0.205. The summed E-state index contributed by atoms with van der Waals surface area (Å²) < 4.78 is 0. The maximum absolute atomic E-state index is 3.64. The molecule has 1 aliphatic carbocycles. The van der Waals surface area contributed by atoms with Crippen LogP contribution in [0, 0.1) is 0 Å². The van der Waals surface area contributed by atoms with Gasteiger partial charge in [0.25, 0.3) is 0 Å². The van der Waals surface area contributed by atoms with E-state index in [-0.39, 0.29) is 0 Å². The Kier molecular flexibility index (Phi) is 3.23. The summed E-state index contributed by atoms with van der Waals surface area (Å²) >= 11 is 0. The van der Waals surface area contributed by atoms with E-state index < -0.39 is 0 Å². The predicted molar refractivity (Wildman–Crippen MR) is 55.7 cm³/mol. The van der Waals surface area contributed by atoms with Crippen LogP contribution in [-0.2, 0) is 0 Å². The number of rotatable bonds is 3. The van der Waals surface area contributed by atoms with Gasteiger partial charge in [-0.3, -0.25) is 10.2 Å². The van der Waals surface area contributed by atoms with E-state index in [9.17, 15) is 0 Å². The Morgan fingerprint density at radius 1 is 1.31 bits per heavy atom. The van der Waals surface area contributed by atoms with Crippen molar-refractivity contribution in [2.75, 3.05) is 13.2 Å². The lowest BCUT2D eigenvalue weighted by Crippen LogP contribution is -2.38. The minimum Gasteiger partial charge on any atom is -0.300 e. The third kappa shape index (κ3) is 2.05. The maximum Gasteiger partial charge on any atom is 0.0486 e. The molecule has 2 aliphatic rings. The monoisotopic (exact) mass is 182 g/mol. The molecule has 1 aliphatic heterocycles. The van der Waals surface area contributed by atoms with Crippen LogP contribution >= 0.6 is 0 Å². The van der Waals surface area contributed by atoms with Gasteiger partial charge in [-0.1, -0.05) is 26.2 Å². The van der Waals surface area contributed by atoms with Crippen LogP contribution < -0.4 is 5.32 Å². The molecule has 2 atom stereocenters. The normalized spacial score (nSPS) is 34.8. The van der Waals surface area contributed by atoms with E-state index in [4.69, 9.17) is 0 Å². The number of nitrogens with zero attached hydrogens (tertiary/aromatic N) is 1. The molecule has 0 bridgehead atoms. The lowest BCUT2D eigenvalue weighted by Gasteiger charge is -2.30. The van der Waals surface area contributed by atoms with Gasteiger partial charge in [0.05, 0.1) is 0 Å². The fourth-order valence-corrected chi connectivity index (χ4v) is 2.74. The second-order valence-corrected chi connectivity index (χ2v) is 4.49. The van der Waals surface area contributed by atoms with E-state index >= 15 is 0 Å². The van der Waals surface area contributed by atoms with Crippen LogP contribution in [0.1, 0.15) is 45.4 Å². The van der Waals surface area contributed by atoms with Gasteiger partial charge in [-0.15, -0.1) is 0 Å². The average molecular weight is 182 g/mol. The average Bonchev–Trinajstić information content (AvgIpc) is 2.58. The van der Waals surface area contributed by atoms with E-state index in [1.165, 1.54) is 45.1 Å². The molecule has 0 aromatic rings. The van der Waals surface area contributed by atoms with Crippen LogP contribution in [-0.4, -0.2) is 30.2 Å². The fourth-order valence-electron chi connectivity index (χ4n) is 2.74. The van der Waals surface area contributed by atoms with Crippen molar-refractivity contribution in [3.05, 3.63) is 0 Å². The second kappa shape index (κ2) is 4.43. The SMILES string of the molecule is CCCCN1CNC2CCCCC21. The summed E-state index contributed by atoms with van der Waals surface area (Å²) in [5.74, 6) is 0. The van der Waals surface area contributed by atoms with Gasteiger partial charge >= 0.3 is 0 Å². The molecule has 0 amide bonds. The van der Waals surface area contributed by atoms with Crippen LogP contribution in [0.5, 0.6) is 0 Å². The number of hydrogen-bond donors (Lipinski definition) is 1. The Morgan fingerprint density at radius 3 is 3.00 bits per heavy atom. The van der Waals surface area contributed by atoms with Crippen molar-refractivity contribution in [3.63, 3.8) is 0 Å². The van der Waals surface area contributed by atoms with Gasteiger partial charge in [-0.05, 0) is 25.8 Å². The molecule has 2 fully saturated rings. The highest BCUT2D eigenvalue weighted by molar-refractivity contribution is 4.92. The van der Waals surface area contributed by atoms with Gasteiger partial charge in [0.2, 0.25) is 0 Å². The van der Waals surface area contributed by atoms with E-state index in [0.717, 1.165) is 18.8 Å². The van der Waals surface area contributed by atoms with Crippen molar-refractivity contribution < 1.29 is 0 Å². The molecule has 2 rings (SSSR count). The first kappa shape index (κ1) is 9.47.